The fraction of sp³-hybridized carbons (Fsp3) is 0.273. The third-order valence-electron chi connectivity index (χ3n) is 2.78. The van der Waals surface area contributed by atoms with Crippen LogP contribution in [0, 0.1) is 0 Å². The zero-order chi connectivity index (χ0) is 9.54. The van der Waals surface area contributed by atoms with Gasteiger partial charge in [-0.1, -0.05) is 12.1 Å². The first kappa shape index (κ1) is 7.74. The Morgan fingerprint density at radius 2 is 2.00 bits per heavy atom. The molecule has 70 valence electrons. The van der Waals surface area contributed by atoms with E-state index < -0.39 is 0 Å². The van der Waals surface area contributed by atoms with E-state index in [1.165, 1.54) is 0 Å². The average Bonchev–Trinajstić information content (AvgIpc) is 2.55. The summed E-state index contributed by atoms with van der Waals surface area (Å²) in [6, 6.07) is 7.78. The Hall–Kier alpha value is -1.64. The van der Waals surface area contributed by atoms with E-state index in [1.807, 2.05) is 29.2 Å². The maximum Gasteiger partial charge on any atom is 0.342 e. The fourth-order valence-corrected chi connectivity index (χ4v) is 2.12. The molecule has 0 aromatic heterocycles. The number of benzene rings is 1. The van der Waals surface area contributed by atoms with E-state index >= 15 is 0 Å². The van der Waals surface area contributed by atoms with Gasteiger partial charge in [-0.05, 0) is 12.1 Å². The van der Waals surface area contributed by atoms with E-state index in [9.17, 15) is 4.79 Å². The first-order valence-electron chi connectivity index (χ1n) is 4.90. The van der Waals surface area contributed by atoms with Gasteiger partial charge in [0.2, 0.25) is 0 Å². The van der Waals surface area contributed by atoms with Crippen LogP contribution in [0.4, 0.5) is 0 Å². The lowest BCUT2D eigenvalue weighted by Gasteiger charge is -2.12. The molecule has 2 aliphatic rings. The molecule has 1 aromatic rings. The van der Waals surface area contributed by atoms with Crippen LogP contribution in [0.3, 0.4) is 0 Å². The minimum Gasteiger partial charge on any atom is -0.274 e. The van der Waals surface area contributed by atoms with Crippen LogP contribution in [-0.2, 0) is 0 Å². The number of amides is 1. The van der Waals surface area contributed by atoms with Gasteiger partial charge in [-0.2, -0.15) is 4.90 Å². The SMILES string of the molecule is O=C1c2ccccc2C2=[NH+]CCCN12. The van der Waals surface area contributed by atoms with Gasteiger partial charge in [-0.15, -0.1) is 0 Å². The van der Waals surface area contributed by atoms with Crippen LogP contribution in [0.5, 0.6) is 0 Å². The average molecular weight is 187 g/mol. The van der Waals surface area contributed by atoms with Crippen LogP contribution in [0.15, 0.2) is 24.3 Å². The van der Waals surface area contributed by atoms with Crippen molar-refractivity contribution < 1.29 is 9.79 Å². The molecule has 0 unspecified atom stereocenters. The Labute approximate surface area is 82.1 Å². The molecule has 1 N–H and O–H groups in total. The van der Waals surface area contributed by atoms with Gasteiger partial charge in [0.1, 0.15) is 0 Å². The summed E-state index contributed by atoms with van der Waals surface area (Å²) in [6.07, 6.45) is 1.03. The number of carbonyl (C=O) groups is 1. The number of rotatable bonds is 0. The third-order valence-corrected chi connectivity index (χ3v) is 2.78. The molecule has 0 radical (unpaired) electrons. The molecule has 2 aliphatic heterocycles. The van der Waals surface area contributed by atoms with Crippen molar-refractivity contribution in [3.8, 4) is 0 Å². The smallest absolute Gasteiger partial charge is 0.274 e. The van der Waals surface area contributed by atoms with Crippen molar-refractivity contribution in [1.82, 2.24) is 4.90 Å². The van der Waals surface area contributed by atoms with Crippen molar-refractivity contribution >= 4 is 11.7 Å². The van der Waals surface area contributed by atoms with Crippen LogP contribution in [0.2, 0.25) is 0 Å². The summed E-state index contributed by atoms with van der Waals surface area (Å²) in [5.74, 6) is 1.14. The first-order chi connectivity index (χ1) is 6.88. The number of fused-ring (bicyclic) bond motifs is 3. The molecular weight excluding hydrogens is 176 g/mol. The van der Waals surface area contributed by atoms with Crippen LogP contribution in [-0.4, -0.2) is 29.7 Å². The standard InChI is InChI=1S/C11H10N2O/c14-11-9-5-2-1-4-8(9)10-12-6-3-7-13(10)11/h1-2,4-5H,3,6-7H2/p+1. The summed E-state index contributed by atoms with van der Waals surface area (Å²) in [5.41, 5.74) is 1.88. The molecule has 0 bridgehead atoms. The van der Waals surface area contributed by atoms with Crippen molar-refractivity contribution in [2.24, 2.45) is 0 Å². The van der Waals surface area contributed by atoms with Gasteiger partial charge in [0, 0.05) is 6.42 Å². The molecular formula is C11H11N2O+. The van der Waals surface area contributed by atoms with Crippen molar-refractivity contribution in [2.75, 3.05) is 13.1 Å². The van der Waals surface area contributed by atoms with Crippen molar-refractivity contribution in [3.05, 3.63) is 35.4 Å². The second kappa shape index (κ2) is 2.67. The lowest BCUT2D eigenvalue weighted by molar-refractivity contribution is -0.467. The Morgan fingerprint density at radius 3 is 2.86 bits per heavy atom. The molecule has 14 heavy (non-hydrogen) atoms. The van der Waals surface area contributed by atoms with Gasteiger partial charge in [0.05, 0.1) is 24.2 Å². The van der Waals surface area contributed by atoms with E-state index in [0.717, 1.165) is 36.5 Å². The zero-order valence-corrected chi connectivity index (χ0v) is 7.79. The van der Waals surface area contributed by atoms with E-state index in [0.29, 0.717) is 0 Å². The Balaban J connectivity index is 2.23. The minimum atomic E-state index is 0.141. The monoisotopic (exact) mass is 187 g/mol. The number of carbonyl (C=O) groups excluding carboxylic acids is 1. The highest BCUT2D eigenvalue weighted by Crippen LogP contribution is 2.21. The topological polar surface area (TPSA) is 34.3 Å². The van der Waals surface area contributed by atoms with Crippen LogP contribution < -0.4 is 4.99 Å². The summed E-state index contributed by atoms with van der Waals surface area (Å²) in [6.45, 7) is 1.81. The summed E-state index contributed by atoms with van der Waals surface area (Å²) in [4.78, 5) is 17.0. The lowest BCUT2D eigenvalue weighted by atomic mass is 10.1. The molecule has 1 amide bonds. The van der Waals surface area contributed by atoms with Crippen LogP contribution in [0.1, 0.15) is 22.3 Å². The molecule has 3 heteroatoms. The molecule has 0 saturated heterocycles. The summed E-state index contributed by atoms with van der Waals surface area (Å²) >= 11 is 0. The van der Waals surface area contributed by atoms with Crippen molar-refractivity contribution in [3.63, 3.8) is 0 Å². The summed E-state index contributed by atoms with van der Waals surface area (Å²) < 4.78 is 0. The van der Waals surface area contributed by atoms with E-state index in [4.69, 9.17) is 0 Å². The fourth-order valence-electron chi connectivity index (χ4n) is 2.12. The third kappa shape index (κ3) is 0.867. The van der Waals surface area contributed by atoms with E-state index in [2.05, 4.69) is 4.99 Å². The number of nitrogens with zero attached hydrogens (tertiary/aromatic N) is 1. The van der Waals surface area contributed by atoms with E-state index in [1.54, 1.807) is 0 Å². The normalized spacial score (nSPS) is 19.0. The predicted molar refractivity (Wildman–Crippen MR) is 52.0 cm³/mol. The maximum atomic E-state index is 11.9. The number of hydrogen-bond donors (Lipinski definition) is 1. The van der Waals surface area contributed by atoms with Gasteiger partial charge < -0.3 is 0 Å². The highest BCUT2D eigenvalue weighted by Gasteiger charge is 2.41. The lowest BCUT2D eigenvalue weighted by Crippen LogP contribution is -2.78. The van der Waals surface area contributed by atoms with Gasteiger partial charge in [-0.3, -0.25) is 4.99 Å². The van der Waals surface area contributed by atoms with Gasteiger partial charge in [0.25, 0.3) is 5.84 Å². The molecule has 0 fully saturated rings. The highest BCUT2D eigenvalue weighted by molar-refractivity contribution is 6.21. The Kier molecular flexibility index (Phi) is 1.48. The van der Waals surface area contributed by atoms with Gasteiger partial charge in [0.15, 0.2) is 0 Å². The Morgan fingerprint density at radius 1 is 1.21 bits per heavy atom. The molecule has 0 saturated carbocycles. The highest BCUT2D eigenvalue weighted by atomic mass is 16.2. The van der Waals surface area contributed by atoms with E-state index in [-0.39, 0.29) is 5.91 Å². The quantitative estimate of drug-likeness (QED) is 0.576. The Bertz CT molecular complexity index is 437. The number of nitrogens with one attached hydrogen (secondary N) is 1. The largest absolute Gasteiger partial charge is 0.342 e. The van der Waals surface area contributed by atoms with Crippen LogP contribution >= 0.6 is 0 Å². The molecule has 2 heterocycles. The zero-order valence-electron chi connectivity index (χ0n) is 7.79. The number of amidine groups is 1. The van der Waals surface area contributed by atoms with Crippen molar-refractivity contribution in [2.45, 2.75) is 6.42 Å². The second-order valence-electron chi connectivity index (χ2n) is 3.63. The molecule has 3 rings (SSSR count). The second-order valence-corrected chi connectivity index (χ2v) is 3.63. The van der Waals surface area contributed by atoms with Crippen LogP contribution in [0.25, 0.3) is 0 Å². The molecule has 0 atom stereocenters. The van der Waals surface area contributed by atoms with Crippen molar-refractivity contribution in [1.29, 1.82) is 0 Å². The summed E-state index contributed by atoms with van der Waals surface area (Å²) in [5, 5.41) is 0. The first-order valence-corrected chi connectivity index (χ1v) is 4.90. The molecule has 0 aliphatic carbocycles. The number of hydrogen-bond acceptors (Lipinski definition) is 1. The van der Waals surface area contributed by atoms with Gasteiger partial charge in [-0.25, -0.2) is 4.79 Å². The molecule has 3 nitrogen and oxygen atoms in total. The van der Waals surface area contributed by atoms with Gasteiger partial charge >= 0.3 is 5.91 Å². The molecule has 0 spiro atoms. The maximum absolute atomic E-state index is 11.9. The predicted octanol–water partition coefficient (Wildman–Crippen LogP) is -0.627. The minimum absolute atomic E-state index is 0.141. The molecule has 1 aromatic carbocycles. The summed E-state index contributed by atoms with van der Waals surface area (Å²) in [7, 11) is 0.